The molecule has 0 saturated heterocycles. The predicted molar refractivity (Wildman–Crippen MR) is 100 cm³/mol. The van der Waals surface area contributed by atoms with Gasteiger partial charge < -0.3 is 5.32 Å². The summed E-state index contributed by atoms with van der Waals surface area (Å²) in [5, 5.41) is 9.05. The van der Waals surface area contributed by atoms with Crippen molar-refractivity contribution in [1.29, 1.82) is 0 Å². The fourth-order valence-corrected chi connectivity index (χ4v) is 4.14. The number of amides is 1. The van der Waals surface area contributed by atoms with Gasteiger partial charge in [0, 0.05) is 5.69 Å². The molecule has 0 bridgehead atoms. The Morgan fingerprint density at radius 1 is 1.19 bits per heavy atom. The van der Waals surface area contributed by atoms with Crippen LogP contribution in [0.5, 0.6) is 0 Å². The molecule has 0 saturated carbocycles. The van der Waals surface area contributed by atoms with Gasteiger partial charge in [-0.1, -0.05) is 65.0 Å². The number of carbonyl (C=O) groups is 1. The summed E-state index contributed by atoms with van der Waals surface area (Å²) in [7, 11) is 0. The highest BCUT2D eigenvalue weighted by Crippen LogP contribution is 2.38. The van der Waals surface area contributed by atoms with Gasteiger partial charge >= 0.3 is 6.18 Å². The van der Waals surface area contributed by atoms with Crippen LogP contribution < -0.4 is 5.32 Å². The molecule has 2 aromatic carbocycles. The van der Waals surface area contributed by atoms with Crippen LogP contribution in [0.3, 0.4) is 0 Å². The Hall–Kier alpha value is -2.10. The zero-order valence-electron chi connectivity index (χ0n) is 13.4. The van der Waals surface area contributed by atoms with E-state index in [1.165, 1.54) is 34.7 Å². The number of nitrogens with zero attached hydrogens (tertiary/aromatic N) is 2. The van der Waals surface area contributed by atoms with E-state index in [4.69, 9.17) is 11.6 Å². The largest absolute Gasteiger partial charge is 0.417 e. The summed E-state index contributed by atoms with van der Waals surface area (Å²) in [5.74, 6) is -0.475. The number of aromatic nitrogens is 2. The van der Waals surface area contributed by atoms with Crippen LogP contribution in [0.25, 0.3) is 0 Å². The van der Waals surface area contributed by atoms with Crippen LogP contribution in [0.4, 0.5) is 18.9 Å². The highest BCUT2D eigenvalue weighted by atomic mass is 35.5. The van der Waals surface area contributed by atoms with Crippen LogP contribution >= 0.6 is 34.7 Å². The molecule has 3 aromatic rings. The van der Waals surface area contributed by atoms with Crippen molar-refractivity contribution < 1.29 is 18.0 Å². The molecule has 0 aliphatic rings. The second kappa shape index (κ2) is 8.28. The van der Waals surface area contributed by atoms with E-state index in [9.17, 15) is 18.0 Å². The Morgan fingerprint density at radius 2 is 1.93 bits per heavy atom. The molecule has 140 valence electrons. The first-order chi connectivity index (χ1) is 12.8. The maximum absolute atomic E-state index is 13.0. The SMILES string of the molecule is O=C(Nc1ccc(Cl)c(C(F)(F)F)c1)C(Sc1nncs1)c1ccccc1. The molecule has 0 aliphatic heterocycles. The quantitative estimate of drug-likeness (QED) is 0.530. The average Bonchev–Trinajstić information content (AvgIpc) is 3.14. The zero-order chi connectivity index (χ0) is 19.4. The van der Waals surface area contributed by atoms with Crippen molar-refractivity contribution in [3.63, 3.8) is 0 Å². The second-order valence-corrected chi connectivity index (χ2v) is 7.89. The highest BCUT2D eigenvalue weighted by Gasteiger charge is 2.33. The normalized spacial score (nSPS) is 12.6. The molecule has 0 fully saturated rings. The number of halogens is 4. The second-order valence-electron chi connectivity index (χ2n) is 5.29. The molecular weight excluding hydrogens is 419 g/mol. The summed E-state index contributed by atoms with van der Waals surface area (Å²) < 4.78 is 39.7. The summed E-state index contributed by atoms with van der Waals surface area (Å²) in [6, 6.07) is 12.1. The van der Waals surface area contributed by atoms with Crippen molar-refractivity contribution in [2.24, 2.45) is 0 Å². The Balaban J connectivity index is 1.87. The number of hydrogen-bond acceptors (Lipinski definition) is 5. The van der Waals surface area contributed by atoms with Gasteiger partial charge in [-0.2, -0.15) is 13.2 Å². The van der Waals surface area contributed by atoms with Crippen molar-refractivity contribution >= 4 is 46.3 Å². The van der Waals surface area contributed by atoms with Crippen LogP contribution in [0.15, 0.2) is 58.4 Å². The predicted octanol–water partition coefficient (Wildman–Crippen LogP) is 5.68. The third kappa shape index (κ3) is 5.00. The monoisotopic (exact) mass is 429 g/mol. The highest BCUT2D eigenvalue weighted by molar-refractivity contribution is 8.01. The number of hydrogen-bond donors (Lipinski definition) is 1. The summed E-state index contributed by atoms with van der Waals surface area (Å²) >= 11 is 8.07. The van der Waals surface area contributed by atoms with E-state index in [-0.39, 0.29) is 5.69 Å². The first-order valence-electron chi connectivity index (χ1n) is 7.50. The van der Waals surface area contributed by atoms with E-state index in [1.807, 2.05) is 6.07 Å². The van der Waals surface area contributed by atoms with Crippen LogP contribution in [0.1, 0.15) is 16.4 Å². The van der Waals surface area contributed by atoms with Gasteiger partial charge in [0.25, 0.3) is 0 Å². The first-order valence-corrected chi connectivity index (χ1v) is 9.63. The molecular formula is C17H11ClF3N3OS2. The topological polar surface area (TPSA) is 54.9 Å². The van der Waals surface area contributed by atoms with Crippen LogP contribution in [0, 0.1) is 0 Å². The van der Waals surface area contributed by atoms with Crippen molar-refractivity contribution in [3.05, 3.63) is 70.2 Å². The van der Waals surface area contributed by atoms with Gasteiger partial charge in [0.2, 0.25) is 5.91 Å². The summed E-state index contributed by atoms with van der Waals surface area (Å²) in [6.07, 6.45) is -4.61. The molecule has 1 heterocycles. The number of benzene rings is 2. The molecule has 0 aliphatic carbocycles. The lowest BCUT2D eigenvalue weighted by Crippen LogP contribution is -2.19. The number of rotatable bonds is 5. The Morgan fingerprint density at radius 3 is 2.56 bits per heavy atom. The number of carbonyl (C=O) groups excluding carboxylic acids is 1. The van der Waals surface area contributed by atoms with E-state index >= 15 is 0 Å². The van der Waals surface area contributed by atoms with Gasteiger partial charge in [-0.15, -0.1) is 10.2 Å². The van der Waals surface area contributed by atoms with Crippen molar-refractivity contribution in [1.82, 2.24) is 10.2 Å². The molecule has 1 amide bonds. The Kier molecular flexibility index (Phi) is 6.03. The average molecular weight is 430 g/mol. The Bertz CT molecular complexity index is 921. The van der Waals surface area contributed by atoms with E-state index in [2.05, 4.69) is 15.5 Å². The summed E-state index contributed by atoms with van der Waals surface area (Å²) in [6.45, 7) is 0. The molecule has 10 heteroatoms. The molecule has 3 rings (SSSR count). The third-order valence-corrected chi connectivity index (χ3v) is 5.83. The lowest BCUT2D eigenvalue weighted by atomic mass is 10.1. The van der Waals surface area contributed by atoms with Crippen LogP contribution in [0.2, 0.25) is 5.02 Å². The third-order valence-electron chi connectivity index (χ3n) is 3.44. The fourth-order valence-electron chi connectivity index (χ4n) is 2.24. The standard InChI is InChI=1S/C17H11ClF3N3OS2/c18-13-7-6-11(8-12(13)17(19,20)21)23-15(25)14(10-4-2-1-3-5-10)27-16-24-22-9-26-16/h1-9,14H,(H,23,25). The van der Waals surface area contributed by atoms with Crippen molar-refractivity contribution in [2.75, 3.05) is 5.32 Å². The van der Waals surface area contributed by atoms with Crippen molar-refractivity contribution in [3.8, 4) is 0 Å². The van der Waals surface area contributed by atoms with Gasteiger partial charge in [-0.25, -0.2) is 0 Å². The molecule has 0 spiro atoms. The number of alkyl halides is 3. The molecule has 27 heavy (non-hydrogen) atoms. The molecule has 0 radical (unpaired) electrons. The zero-order valence-corrected chi connectivity index (χ0v) is 15.8. The fraction of sp³-hybridized carbons (Fsp3) is 0.118. The van der Waals surface area contributed by atoms with Gasteiger partial charge in [0.05, 0.1) is 10.6 Å². The van der Waals surface area contributed by atoms with Gasteiger partial charge in [-0.3, -0.25) is 4.79 Å². The minimum atomic E-state index is -4.61. The lowest BCUT2D eigenvalue weighted by Gasteiger charge is -2.17. The maximum Gasteiger partial charge on any atom is 0.417 e. The molecule has 1 N–H and O–H groups in total. The van der Waals surface area contributed by atoms with E-state index in [0.29, 0.717) is 9.90 Å². The Labute approximate surface area is 165 Å². The van der Waals surface area contributed by atoms with E-state index in [0.717, 1.165) is 12.1 Å². The molecule has 1 unspecified atom stereocenters. The smallest absolute Gasteiger partial charge is 0.325 e. The number of anilines is 1. The summed E-state index contributed by atoms with van der Waals surface area (Å²) in [5.41, 5.74) is 1.24. The van der Waals surface area contributed by atoms with Crippen LogP contribution in [-0.2, 0) is 11.0 Å². The molecule has 1 aromatic heterocycles. The number of nitrogens with one attached hydrogen (secondary N) is 1. The van der Waals surface area contributed by atoms with E-state index < -0.39 is 27.9 Å². The van der Waals surface area contributed by atoms with Gasteiger partial charge in [0.15, 0.2) is 4.34 Å². The summed E-state index contributed by atoms with van der Waals surface area (Å²) in [4.78, 5) is 12.8. The minimum Gasteiger partial charge on any atom is -0.325 e. The minimum absolute atomic E-state index is 0.00974. The maximum atomic E-state index is 13.0. The number of thioether (sulfide) groups is 1. The van der Waals surface area contributed by atoms with Crippen molar-refractivity contribution in [2.45, 2.75) is 15.8 Å². The van der Waals surface area contributed by atoms with Gasteiger partial charge in [0.1, 0.15) is 10.8 Å². The van der Waals surface area contributed by atoms with Gasteiger partial charge in [-0.05, 0) is 23.8 Å². The lowest BCUT2D eigenvalue weighted by molar-refractivity contribution is -0.137. The van der Waals surface area contributed by atoms with E-state index in [1.54, 1.807) is 24.3 Å². The molecule has 4 nitrogen and oxygen atoms in total. The van der Waals surface area contributed by atoms with Crippen LogP contribution in [-0.4, -0.2) is 16.1 Å². The molecule has 1 atom stereocenters. The first kappa shape index (κ1) is 19.7.